The highest BCUT2D eigenvalue weighted by atomic mass is 16.6. The molecule has 2 bridgehead atoms. The van der Waals surface area contributed by atoms with Gasteiger partial charge in [-0.15, -0.1) is 0 Å². The quantitative estimate of drug-likeness (QED) is 0.209. The van der Waals surface area contributed by atoms with E-state index in [4.69, 9.17) is 18.9 Å². The number of hydrogen-bond donors (Lipinski definition) is 3. The van der Waals surface area contributed by atoms with Crippen LogP contribution in [0.2, 0.25) is 0 Å². The predicted molar refractivity (Wildman–Crippen MR) is 230 cm³/mol. The topological polar surface area (TPSA) is 154 Å². The summed E-state index contributed by atoms with van der Waals surface area (Å²) in [7, 11) is 6.18. The zero-order valence-electron chi connectivity index (χ0n) is 36.9. The molecular formula is C48H62N4O9. The second-order valence-corrected chi connectivity index (χ2v) is 18.9. The fourth-order valence-electron chi connectivity index (χ4n) is 13.9. The number of methoxy groups -OCH3 is 3. The Kier molecular flexibility index (Phi) is 9.91. The van der Waals surface area contributed by atoms with Gasteiger partial charge in [0.15, 0.2) is 6.10 Å². The maximum Gasteiger partial charge on any atom is 0.344 e. The van der Waals surface area contributed by atoms with Crippen molar-refractivity contribution in [2.75, 3.05) is 59.5 Å². The van der Waals surface area contributed by atoms with Crippen molar-refractivity contribution in [3.05, 3.63) is 70.6 Å². The first kappa shape index (κ1) is 41.7. The monoisotopic (exact) mass is 838 g/mol. The van der Waals surface area contributed by atoms with Gasteiger partial charge in [-0.1, -0.05) is 32.9 Å². The second kappa shape index (κ2) is 14.5. The van der Waals surface area contributed by atoms with Crippen LogP contribution >= 0.6 is 0 Å². The Morgan fingerprint density at radius 3 is 2.38 bits per heavy atom. The number of nitrogens with one attached hydrogen (secondary N) is 1. The van der Waals surface area contributed by atoms with Crippen molar-refractivity contribution in [1.82, 2.24) is 14.8 Å². The molecule has 1 saturated carbocycles. The number of rotatable bonds is 8. The summed E-state index contributed by atoms with van der Waals surface area (Å²) in [6, 6.07) is 9.30. The molecule has 6 heterocycles. The van der Waals surface area contributed by atoms with Gasteiger partial charge in [0, 0.05) is 90.9 Å². The van der Waals surface area contributed by atoms with E-state index in [1.807, 2.05) is 31.9 Å². The van der Waals surface area contributed by atoms with Gasteiger partial charge in [0.2, 0.25) is 5.60 Å². The molecule has 61 heavy (non-hydrogen) atoms. The van der Waals surface area contributed by atoms with Crippen molar-refractivity contribution >= 4 is 34.5 Å². The highest BCUT2D eigenvalue weighted by molar-refractivity contribution is 5.95. The number of H-pyrrole nitrogens is 1. The summed E-state index contributed by atoms with van der Waals surface area (Å²) in [5.74, 6) is -1.54. The Bertz CT molecular complexity index is 2330. The summed E-state index contributed by atoms with van der Waals surface area (Å²) in [6.45, 7) is 10.1. The van der Waals surface area contributed by atoms with Gasteiger partial charge < -0.3 is 43.9 Å². The molecule has 10 atom stereocenters. The van der Waals surface area contributed by atoms with Crippen LogP contribution in [0.4, 0.5) is 5.69 Å². The smallest absolute Gasteiger partial charge is 0.344 e. The average Bonchev–Trinajstić information content (AvgIpc) is 3.92. The van der Waals surface area contributed by atoms with Gasteiger partial charge in [0.05, 0.1) is 33.0 Å². The van der Waals surface area contributed by atoms with Crippen molar-refractivity contribution in [1.29, 1.82) is 0 Å². The van der Waals surface area contributed by atoms with Gasteiger partial charge in [-0.05, 0) is 98.4 Å². The molecule has 1 spiro atoms. The first-order valence-corrected chi connectivity index (χ1v) is 22.2. The minimum Gasteiger partial charge on any atom is -0.496 e. The fraction of sp³-hybridized carbons (Fsp3) is 0.604. The van der Waals surface area contributed by atoms with Crippen molar-refractivity contribution < 1.29 is 43.5 Å². The van der Waals surface area contributed by atoms with Gasteiger partial charge in [0.1, 0.15) is 11.2 Å². The lowest BCUT2D eigenvalue weighted by Gasteiger charge is -2.64. The number of likely N-dealkylation sites (N-methyl/N-ethyl adjacent to an activating group) is 1. The predicted octanol–water partition coefficient (Wildman–Crippen LogP) is 4.90. The number of fused-ring (bicyclic) bond motifs is 6. The SMILES string of the molecule is CCc1ccc2[nH]c3c(c2c1)CCN1C[C@H](C[C@@](O)(CC)C1)C[C@]3(C(=O)OC)c1cc2c(cc1OC)N(C)[C@H]1[C@@](O)(C(=O)OC)[C@H](OC(C)=O)[C@]3(CC)CC=CN4CC[C@]21[C@@H]43. The molecule has 3 aromatic rings. The number of benzene rings is 2. The molecule has 6 aliphatic rings. The number of carbonyl (C=O) groups is 3. The van der Waals surface area contributed by atoms with E-state index in [9.17, 15) is 19.8 Å². The number of allylic oxidation sites excluding steroid dienone is 1. The standard InChI is InChI=1S/C48H62N4O9/c1-9-29-13-14-35-32(21-29)31-15-19-51-26-30(24-44(56,10-2)27-51)25-47(38(31)49-35,42(54)59-7)34-22-33-36(23-37(34)58-6)50(5)40-46(33)17-20-52-18-12-16-45(11-3,39(46)52)41(61-28(4)53)48(40,57)43(55)60-8/h12-14,18,21-23,30,39-41,49,56-57H,9-11,15-17,19-20,24-27H2,1-8H3/t30-,39+,40-,41-,44+,45-,46-,47+,48+/m1/s1. The van der Waals surface area contributed by atoms with E-state index in [0.29, 0.717) is 82.4 Å². The summed E-state index contributed by atoms with van der Waals surface area (Å²) in [4.78, 5) is 53.4. The number of nitrogens with zero attached hydrogens (tertiary/aromatic N) is 3. The van der Waals surface area contributed by atoms with E-state index in [1.54, 1.807) is 7.11 Å². The van der Waals surface area contributed by atoms with E-state index in [-0.39, 0.29) is 12.0 Å². The highest BCUT2D eigenvalue weighted by Crippen LogP contribution is 2.69. The Morgan fingerprint density at radius 1 is 0.934 bits per heavy atom. The lowest BCUT2D eigenvalue weighted by Crippen LogP contribution is -2.81. The van der Waals surface area contributed by atoms with Crippen molar-refractivity contribution in [2.45, 2.75) is 119 Å². The van der Waals surface area contributed by atoms with Crippen LogP contribution in [0.25, 0.3) is 10.9 Å². The number of aromatic nitrogens is 1. The van der Waals surface area contributed by atoms with Crippen molar-refractivity contribution in [3.8, 4) is 5.75 Å². The first-order valence-electron chi connectivity index (χ1n) is 22.2. The largest absolute Gasteiger partial charge is 0.496 e. The maximum atomic E-state index is 15.4. The van der Waals surface area contributed by atoms with Crippen molar-refractivity contribution in [2.24, 2.45) is 11.3 Å². The third-order valence-electron chi connectivity index (χ3n) is 16.2. The summed E-state index contributed by atoms with van der Waals surface area (Å²) in [5, 5.41) is 26.5. The van der Waals surface area contributed by atoms with Crippen molar-refractivity contribution in [3.63, 3.8) is 0 Å². The Labute approximate surface area is 358 Å². The summed E-state index contributed by atoms with van der Waals surface area (Å²) in [5.41, 5.74) is -0.288. The number of aliphatic hydroxyl groups is 2. The molecular weight excluding hydrogens is 777 g/mol. The Balaban J connectivity index is 1.37. The number of hydrogen-bond acceptors (Lipinski definition) is 12. The van der Waals surface area contributed by atoms with E-state index >= 15 is 4.79 Å². The van der Waals surface area contributed by atoms with Gasteiger partial charge in [0.25, 0.3) is 0 Å². The Morgan fingerprint density at radius 2 is 1.70 bits per heavy atom. The normalized spacial score (nSPS) is 35.9. The van der Waals surface area contributed by atoms with E-state index < -0.39 is 57.5 Å². The van der Waals surface area contributed by atoms with Gasteiger partial charge in [-0.25, -0.2) is 4.79 Å². The molecule has 13 heteroatoms. The van der Waals surface area contributed by atoms with Crippen LogP contribution in [0, 0.1) is 11.3 Å². The molecule has 13 nitrogen and oxygen atoms in total. The molecule has 0 amide bonds. The molecule has 3 fully saturated rings. The fourth-order valence-corrected chi connectivity index (χ4v) is 13.9. The highest BCUT2D eigenvalue weighted by Gasteiger charge is 2.80. The zero-order valence-corrected chi connectivity index (χ0v) is 36.9. The molecule has 2 aromatic carbocycles. The zero-order chi connectivity index (χ0) is 43.4. The second-order valence-electron chi connectivity index (χ2n) is 18.9. The van der Waals surface area contributed by atoms with Crippen LogP contribution in [0.5, 0.6) is 5.75 Å². The summed E-state index contributed by atoms with van der Waals surface area (Å²) < 4.78 is 24.1. The molecule has 1 unspecified atom stereocenters. The number of aryl methyl sites for hydroxylation is 1. The van der Waals surface area contributed by atoms with Gasteiger partial charge in [-0.3, -0.25) is 14.5 Å². The Hall–Kier alpha value is -4.59. The number of esters is 3. The third-order valence-corrected chi connectivity index (χ3v) is 16.2. The number of aromatic amines is 1. The van der Waals surface area contributed by atoms with E-state index in [0.717, 1.165) is 39.8 Å². The maximum absolute atomic E-state index is 15.4. The van der Waals surface area contributed by atoms with E-state index in [2.05, 4.69) is 58.2 Å². The first-order chi connectivity index (χ1) is 29.2. The number of carbonyl (C=O) groups excluding carboxylic acids is 3. The van der Waals surface area contributed by atoms with E-state index in [1.165, 1.54) is 26.7 Å². The molecule has 1 aromatic heterocycles. The number of piperidine rings is 1. The average molecular weight is 839 g/mol. The van der Waals surface area contributed by atoms with Gasteiger partial charge >= 0.3 is 17.9 Å². The molecule has 5 aliphatic heterocycles. The minimum absolute atomic E-state index is 0.102. The van der Waals surface area contributed by atoms with Gasteiger partial charge in [-0.2, -0.15) is 0 Å². The molecule has 1 aliphatic carbocycles. The minimum atomic E-state index is -2.29. The lowest BCUT2D eigenvalue weighted by molar-refractivity contribution is -0.235. The van der Waals surface area contributed by atoms with Crippen LogP contribution in [-0.2, 0) is 52.3 Å². The van der Waals surface area contributed by atoms with Crippen LogP contribution in [0.1, 0.15) is 94.2 Å². The molecule has 2 saturated heterocycles. The number of ether oxygens (including phenoxy) is 4. The van der Waals surface area contributed by atoms with Crippen LogP contribution < -0.4 is 9.64 Å². The summed E-state index contributed by atoms with van der Waals surface area (Å²) in [6.07, 6.45) is 7.38. The molecule has 328 valence electrons. The summed E-state index contributed by atoms with van der Waals surface area (Å²) >= 11 is 0. The van der Waals surface area contributed by atoms with Crippen LogP contribution in [-0.4, -0.2) is 127 Å². The lowest BCUT2D eigenvalue weighted by atomic mass is 9.47. The third kappa shape index (κ3) is 5.51. The molecule has 3 N–H and O–H groups in total. The number of anilines is 1. The molecule has 0 radical (unpaired) electrons. The van der Waals surface area contributed by atoms with Crippen LogP contribution in [0.15, 0.2) is 42.6 Å². The van der Waals surface area contributed by atoms with Crippen LogP contribution in [0.3, 0.4) is 0 Å². The molecule has 9 rings (SSSR count).